The van der Waals surface area contributed by atoms with Gasteiger partial charge in [-0.1, -0.05) is 27.7 Å². The van der Waals surface area contributed by atoms with Gasteiger partial charge in [0.05, 0.1) is 18.3 Å². The van der Waals surface area contributed by atoms with Gasteiger partial charge in [0.1, 0.15) is 12.2 Å². The highest BCUT2D eigenvalue weighted by Crippen LogP contribution is 2.68. The van der Waals surface area contributed by atoms with E-state index in [2.05, 4.69) is 0 Å². The van der Waals surface area contributed by atoms with Crippen LogP contribution >= 0.6 is 0 Å². The number of fused-ring (bicyclic) bond motifs is 2. The highest BCUT2D eigenvalue weighted by atomic mass is 16.6. The molecule has 29 heavy (non-hydrogen) atoms. The number of carbonyl (C=O) groups excluding carboxylic acids is 2. The Labute approximate surface area is 172 Å². The molecule has 4 aliphatic rings. The van der Waals surface area contributed by atoms with E-state index in [1.165, 1.54) is 7.11 Å². The molecule has 7 heteroatoms. The Bertz CT molecular complexity index is 709. The molecule has 4 rings (SSSR count). The number of ketones is 1. The quantitative estimate of drug-likeness (QED) is 0.659. The van der Waals surface area contributed by atoms with E-state index >= 15 is 0 Å². The summed E-state index contributed by atoms with van der Waals surface area (Å²) in [5.74, 6) is -1.67. The molecule has 0 aromatic rings. The van der Waals surface area contributed by atoms with Crippen molar-refractivity contribution in [2.75, 3.05) is 14.2 Å². The maximum Gasteiger partial charge on any atom is 0.306 e. The first-order chi connectivity index (χ1) is 13.5. The Morgan fingerprint density at radius 3 is 2.31 bits per heavy atom. The summed E-state index contributed by atoms with van der Waals surface area (Å²) in [6.45, 7) is 7.82. The first kappa shape index (κ1) is 21.2. The molecule has 1 saturated heterocycles. The number of ether oxygens (including phenoxy) is 3. The summed E-state index contributed by atoms with van der Waals surface area (Å²) in [5.41, 5.74) is -1.75. The van der Waals surface area contributed by atoms with Crippen LogP contribution in [0.1, 0.15) is 40.5 Å². The summed E-state index contributed by atoms with van der Waals surface area (Å²) in [6, 6.07) is 0. The molecular formula is C22H34O7. The van der Waals surface area contributed by atoms with Crippen molar-refractivity contribution in [3.05, 3.63) is 0 Å². The SMILES string of the molecule is CO[C@H]1[C@H](C)[C@@H]2CC(=O)O[C@@H]3[C@H](O)[C@H]4[C@H](C)C[C@H](OC)C(=O)[C@]4(C)[C@@H]([C@@H]1O)[C@@]32C. The van der Waals surface area contributed by atoms with Gasteiger partial charge in [0.2, 0.25) is 0 Å². The fourth-order valence-electron chi connectivity index (χ4n) is 8.11. The molecule has 7 nitrogen and oxygen atoms in total. The third-order valence-corrected chi connectivity index (χ3v) is 9.15. The average Bonchev–Trinajstić information content (AvgIpc) is 2.65. The number of Topliss-reactive ketones (excluding diaryl/α,β-unsaturated/α-hetero) is 1. The molecule has 3 saturated carbocycles. The largest absolute Gasteiger partial charge is 0.459 e. The fourth-order valence-corrected chi connectivity index (χ4v) is 8.11. The second-order valence-corrected chi connectivity index (χ2v) is 10.2. The molecule has 0 aromatic heterocycles. The molecule has 3 aliphatic carbocycles. The molecule has 0 radical (unpaired) electrons. The molecule has 1 aliphatic heterocycles. The predicted octanol–water partition coefficient (Wildman–Crippen LogP) is 1.19. The van der Waals surface area contributed by atoms with Gasteiger partial charge in [0.15, 0.2) is 5.78 Å². The van der Waals surface area contributed by atoms with Crippen LogP contribution in [0.15, 0.2) is 0 Å². The van der Waals surface area contributed by atoms with Crippen molar-refractivity contribution in [1.29, 1.82) is 0 Å². The minimum absolute atomic E-state index is 0.0335. The van der Waals surface area contributed by atoms with E-state index in [-0.39, 0.29) is 35.9 Å². The van der Waals surface area contributed by atoms with Crippen LogP contribution < -0.4 is 0 Å². The first-order valence-electron chi connectivity index (χ1n) is 10.7. The second kappa shape index (κ2) is 6.74. The van der Waals surface area contributed by atoms with Crippen LogP contribution in [0.3, 0.4) is 0 Å². The molecule has 0 amide bonds. The van der Waals surface area contributed by atoms with Gasteiger partial charge in [-0.05, 0) is 24.2 Å². The molecule has 1 heterocycles. The van der Waals surface area contributed by atoms with Crippen molar-refractivity contribution in [3.8, 4) is 0 Å². The number of aliphatic hydroxyl groups is 2. The molecule has 0 spiro atoms. The van der Waals surface area contributed by atoms with Gasteiger partial charge in [-0.15, -0.1) is 0 Å². The van der Waals surface area contributed by atoms with Crippen molar-refractivity contribution >= 4 is 11.8 Å². The first-order valence-corrected chi connectivity index (χ1v) is 10.7. The van der Waals surface area contributed by atoms with Crippen LogP contribution in [0.5, 0.6) is 0 Å². The number of rotatable bonds is 2. The van der Waals surface area contributed by atoms with Crippen LogP contribution in [-0.4, -0.2) is 66.7 Å². The van der Waals surface area contributed by atoms with E-state index in [0.29, 0.717) is 6.42 Å². The number of hydrogen-bond acceptors (Lipinski definition) is 7. The third-order valence-electron chi connectivity index (χ3n) is 9.15. The smallest absolute Gasteiger partial charge is 0.306 e. The second-order valence-electron chi connectivity index (χ2n) is 10.2. The van der Waals surface area contributed by atoms with Gasteiger partial charge < -0.3 is 24.4 Å². The summed E-state index contributed by atoms with van der Waals surface area (Å²) in [6.07, 6.45) is -3.01. The highest BCUT2D eigenvalue weighted by molar-refractivity contribution is 5.91. The summed E-state index contributed by atoms with van der Waals surface area (Å²) in [5, 5.41) is 23.0. The monoisotopic (exact) mass is 410 g/mol. The zero-order chi connectivity index (χ0) is 21.5. The molecule has 2 N–H and O–H groups in total. The van der Waals surface area contributed by atoms with Crippen LogP contribution in [0.25, 0.3) is 0 Å². The van der Waals surface area contributed by atoms with E-state index in [1.807, 2.05) is 27.7 Å². The van der Waals surface area contributed by atoms with E-state index in [0.717, 1.165) is 0 Å². The van der Waals surface area contributed by atoms with Crippen molar-refractivity contribution in [3.63, 3.8) is 0 Å². The number of aliphatic hydroxyl groups excluding tert-OH is 2. The van der Waals surface area contributed by atoms with Crippen molar-refractivity contribution in [1.82, 2.24) is 0 Å². The fraction of sp³-hybridized carbons (Fsp3) is 0.909. The Balaban J connectivity index is 1.95. The standard InChI is InChI=1S/C22H34O7/c1-9-7-12(27-5)19(26)22(4)14(9)15(24)20-21(3)11(8-13(23)29-20)10(2)17(28-6)16(25)18(21)22/h9-12,14-18,20,24-25H,7-8H2,1-6H3/t9-,10-,11+,12+,14-,15-,16-,17+,18+,20-,21+,22+/m1/s1. The van der Waals surface area contributed by atoms with Crippen LogP contribution in [-0.2, 0) is 23.8 Å². The van der Waals surface area contributed by atoms with Crippen molar-refractivity contribution in [2.24, 2.45) is 40.4 Å². The number of methoxy groups -OCH3 is 2. The number of carbonyl (C=O) groups is 2. The van der Waals surface area contributed by atoms with Crippen LogP contribution in [0.4, 0.5) is 0 Å². The Hall–Kier alpha value is -1.02. The predicted molar refractivity (Wildman–Crippen MR) is 103 cm³/mol. The zero-order valence-electron chi connectivity index (χ0n) is 18.1. The van der Waals surface area contributed by atoms with Gasteiger partial charge in [0.25, 0.3) is 0 Å². The van der Waals surface area contributed by atoms with Crippen molar-refractivity contribution < 1.29 is 34.0 Å². The minimum Gasteiger partial charge on any atom is -0.459 e. The molecule has 164 valence electrons. The van der Waals surface area contributed by atoms with Gasteiger partial charge in [-0.25, -0.2) is 0 Å². The summed E-state index contributed by atoms with van der Waals surface area (Å²) < 4.78 is 17.0. The maximum atomic E-state index is 13.7. The van der Waals surface area contributed by atoms with E-state index in [9.17, 15) is 19.8 Å². The lowest BCUT2D eigenvalue weighted by molar-refractivity contribution is -0.310. The van der Waals surface area contributed by atoms with Gasteiger partial charge in [-0.3, -0.25) is 9.59 Å². The molecular weight excluding hydrogens is 376 g/mol. The summed E-state index contributed by atoms with van der Waals surface area (Å²) >= 11 is 0. The Morgan fingerprint density at radius 2 is 1.72 bits per heavy atom. The topological polar surface area (TPSA) is 102 Å². The van der Waals surface area contributed by atoms with E-state index in [1.54, 1.807) is 7.11 Å². The van der Waals surface area contributed by atoms with E-state index < -0.39 is 53.2 Å². The number of esters is 1. The number of hydrogen-bond donors (Lipinski definition) is 2. The summed E-state index contributed by atoms with van der Waals surface area (Å²) in [4.78, 5) is 26.2. The lowest BCUT2D eigenvalue weighted by atomic mass is 9.37. The Morgan fingerprint density at radius 1 is 1.07 bits per heavy atom. The molecule has 0 bridgehead atoms. The van der Waals surface area contributed by atoms with Gasteiger partial charge in [-0.2, -0.15) is 0 Å². The Kier molecular flexibility index (Phi) is 4.93. The van der Waals surface area contributed by atoms with Crippen LogP contribution in [0, 0.1) is 40.4 Å². The normalized spacial score (nSPS) is 57.0. The van der Waals surface area contributed by atoms with Gasteiger partial charge in [0, 0.05) is 43.3 Å². The molecule has 4 fully saturated rings. The van der Waals surface area contributed by atoms with Crippen molar-refractivity contribution in [2.45, 2.75) is 71.1 Å². The minimum atomic E-state index is -1.01. The molecule has 0 aromatic carbocycles. The third kappa shape index (κ3) is 2.45. The van der Waals surface area contributed by atoms with Gasteiger partial charge >= 0.3 is 5.97 Å². The molecule has 12 atom stereocenters. The highest BCUT2D eigenvalue weighted by Gasteiger charge is 2.76. The van der Waals surface area contributed by atoms with Crippen LogP contribution in [0.2, 0.25) is 0 Å². The molecule has 0 unspecified atom stereocenters. The van der Waals surface area contributed by atoms with E-state index in [4.69, 9.17) is 14.2 Å². The zero-order valence-corrected chi connectivity index (χ0v) is 18.1. The summed E-state index contributed by atoms with van der Waals surface area (Å²) in [7, 11) is 3.09. The maximum absolute atomic E-state index is 13.7. The average molecular weight is 411 g/mol. The lowest BCUT2D eigenvalue weighted by Crippen LogP contribution is -2.78. The lowest BCUT2D eigenvalue weighted by Gasteiger charge is -2.70.